The number of carbonyl (C=O) groups is 1. The molecule has 0 atom stereocenters. The standard InChI is InChI=1S/C18H17BrN2O3S/c1-11-7-12(3-5-15(11)19)8-14-9-20-18(25-14)21-17(22)16-6-4-13(24-16)10-23-2/h3-7,9H,8,10H2,1-2H3,(H,20,21,22). The smallest absolute Gasteiger partial charge is 0.293 e. The van der Waals surface area contributed by atoms with Crippen molar-refractivity contribution in [1.29, 1.82) is 0 Å². The number of nitrogens with zero attached hydrogens (tertiary/aromatic N) is 1. The van der Waals surface area contributed by atoms with E-state index in [-0.39, 0.29) is 11.7 Å². The van der Waals surface area contributed by atoms with Gasteiger partial charge in [-0.2, -0.15) is 0 Å². The highest BCUT2D eigenvalue weighted by Gasteiger charge is 2.13. The average Bonchev–Trinajstić information content (AvgIpc) is 3.21. The average molecular weight is 421 g/mol. The van der Waals surface area contributed by atoms with E-state index >= 15 is 0 Å². The number of furan rings is 1. The first-order chi connectivity index (χ1) is 12.0. The SMILES string of the molecule is COCc1ccc(C(=O)Nc2ncc(Cc3ccc(Br)c(C)c3)s2)o1. The van der Waals surface area contributed by atoms with E-state index in [1.165, 1.54) is 22.5 Å². The lowest BCUT2D eigenvalue weighted by Crippen LogP contribution is -2.10. The molecule has 1 N–H and O–H groups in total. The summed E-state index contributed by atoms with van der Waals surface area (Å²) in [5, 5.41) is 3.32. The van der Waals surface area contributed by atoms with Gasteiger partial charge < -0.3 is 9.15 Å². The molecule has 1 amide bonds. The molecule has 0 fully saturated rings. The molecule has 0 saturated heterocycles. The Kier molecular flexibility index (Phi) is 5.67. The van der Waals surface area contributed by atoms with Crippen LogP contribution in [0.1, 0.15) is 32.3 Å². The maximum absolute atomic E-state index is 12.2. The molecule has 0 bridgehead atoms. The van der Waals surface area contributed by atoms with Crippen molar-refractivity contribution in [3.8, 4) is 0 Å². The lowest BCUT2D eigenvalue weighted by Gasteiger charge is -2.02. The summed E-state index contributed by atoms with van der Waals surface area (Å²) in [5.41, 5.74) is 2.40. The predicted octanol–water partition coefficient (Wildman–Crippen LogP) is 4.80. The first-order valence-electron chi connectivity index (χ1n) is 7.64. The summed E-state index contributed by atoms with van der Waals surface area (Å²) in [7, 11) is 1.58. The molecule has 0 unspecified atom stereocenters. The van der Waals surface area contributed by atoms with Gasteiger partial charge in [-0.1, -0.05) is 28.1 Å². The van der Waals surface area contributed by atoms with E-state index in [2.05, 4.69) is 45.3 Å². The van der Waals surface area contributed by atoms with Gasteiger partial charge in [0.25, 0.3) is 5.91 Å². The summed E-state index contributed by atoms with van der Waals surface area (Å²) in [5.74, 6) is 0.535. The molecule has 0 spiro atoms. The highest BCUT2D eigenvalue weighted by Crippen LogP contribution is 2.24. The van der Waals surface area contributed by atoms with Crippen LogP contribution in [0.2, 0.25) is 0 Å². The largest absolute Gasteiger partial charge is 0.453 e. The van der Waals surface area contributed by atoms with Gasteiger partial charge in [-0.05, 0) is 36.2 Å². The molecule has 0 aliphatic carbocycles. The first kappa shape index (κ1) is 17.8. The number of hydrogen-bond donors (Lipinski definition) is 1. The zero-order chi connectivity index (χ0) is 17.8. The van der Waals surface area contributed by atoms with E-state index in [0.717, 1.165) is 15.8 Å². The number of anilines is 1. The Morgan fingerprint density at radius 2 is 2.20 bits per heavy atom. The van der Waals surface area contributed by atoms with Gasteiger partial charge in [0.1, 0.15) is 12.4 Å². The van der Waals surface area contributed by atoms with Crippen LogP contribution >= 0.6 is 27.3 Å². The van der Waals surface area contributed by atoms with Gasteiger partial charge in [0, 0.05) is 29.1 Å². The number of benzene rings is 1. The van der Waals surface area contributed by atoms with Crippen molar-refractivity contribution in [3.05, 3.63) is 68.5 Å². The molecule has 3 rings (SSSR count). The van der Waals surface area contributed by atoms with Crippen LogP contribution in [-0.2, 0) is 17.8 Å². The summed E-state index contributed by atoms with van der Waals surface area (Å²) >= 11 is 4.96. The van der Waals surface area contributed by atoms with Crippen LogP contribution in [0, 0.1) is 6.92 Å². The molecular weight excluding hydrogens is 404 g/mol. The Balaban J connectivity index is 1.64. The van der Waals surface area contributed by atoms with Gasteiger partial charge >= 0.3 is 0 Å². The van der Waals surface area contributed by atoms with Gasteiger partial charge in [0.15, 0.2) is 10.9 Å². The van der Waals surface area contributed by atoms with Crippen molar-refractivity contribution in [2.75, 3.05) is 12.4 Å². The molecule has 2 aromatic heterocycles. The van der Waals surface area contributed by atoms with Crippen LogP contribution in [0.25, 0.3) is 0 Å². The van der Waals surface area contributed by atoms with Gasteiger partial charge in [-0.15, -0.1) is 11.3 Å². The van der Waals surface area contributed by atoms with Crippen LogP contribution in [0.15, 0.2) is 45.4 Å². The molecule has 0 aliphatic rings. The maximum Gasteiger partial charge on any atom is 0.293 e. The van der Waals surface area contributed by atoms with E-state index in [0.29, 0.717) is 17.5 Å². The molecule has 130 valence electrons. The van der Waals surface area contributed by atoms with Crippen molar-refractivity contribution in [2.24, 2.45) is 0 Å². The van der Waals surface area contributed by atoms with E-state index in [4.69, 9.17) is 9.15 Å². The fourth-order valence-corrected chi connectivity index (χ4v) is 3.43. The fraction of sp³-hybridized carbons (Fsp3) is 0.222. The van der Waals surface area contributed by atoms with Crippen LogP contribution in [-0.4, -0.2) is 18.0 Å². The normalized spacial score (nSPS) is 10.8. The summed E-state index contributed by atoms with van der Waals surface area (Å²) in [6, 6.07) is 9.62. The number of amides is 1. The minimum absolute atomic E-state index is 0.243. The van der Waals surface area contributed by atoms with Gasteiger partial charge in [-0.3, -0.25) is 10.1 Å². The first-order valence-corrected chi connectivity index (χ1v) is 9.25. The summed E-state index contributed by atoms with van der Waals surface area (Å²) < 4.78 is 11.5. The van der Waals surface area contributed by atoms with E-state index < -0.39 is 0 Å². The van der Waals surface area contributed by atoms with Crippen LogP contribution < -0.4 is 5.32 Å². The van der Waals surface area contributed by atoms with Crippen LogP contribution in [0.3, 0.4) is 0 Å². The molecule has 0 aliphatic heterocycles. The monoisotopic (exact) mass is 420 g/mol. The second-order valence-corrected chi connectivity index (χ2v) is 7.51. The molecule has 3 aromatic rings. The number of thiazole rings is 1. The van der Waals surface area contributed by atoms with Crippen LogP contribution in [0.4, 0.5) is 5.13 Å². The minimum atomic E-state index is -0.317. The number of aromatic nitrogens is 1. The summed E-state index contributed by atoms with van der Waals surface area (Å²) in [6.45, 7) is 2.40. The Labute approximate surface area is 158 Å². The number of rotatable bonds is 6. The van der Waals surface area contributed by atoms with Crippen molar-refractivity contribution in [1.82, 2.24) is 4.98 Å². The Hall–Kier alpha value is -1.96. The van der Waals surface area contributed by atoms with Crippen molar-refractivity contribution in [2.45, 2.75) is 20.0 Å². The third kappa shape index (κ3) is 4.56. The second-order valence-electron chi connectivity index (χ2n) is 5.55. The zero-order valence-electron chi connectivity index (χ0n) is 13.8. The lowest BCUT2D eigenvalue weighted by molar-refractivity contribution is 0.0987. The van der Waals surface area contributed by atoms with Crippen molar-refractivity contribution >= 4 is 38.3 Å². The number of ether oxygens (including phenoxy) is 1. The predicted molar refractivity (Wildman–Crippen MR) is 101 cm³/mol. The van der Waals surface area contributed by atoms with Gasteiger partial charge in [0.2, 0.25) is 0 Å². The number of hydrogen-bond acceptors (Lipinski definition) is 5. The maximum atomic E-state index is 12.2. The third-order valence-electron chi connectivity index (χ3n) is 3.55. The van der Waals surface area contributed by atoms with Crippen molar-refractivity contribution < 1.29 is 13.9 Å². The van der Waals surface area contributed by atoms with Gasteiger partial charge in [-0.25, -0.2) is 4.98 Å². The Bertz CT molecular complexity index is 888. The molecule has 1 aromatic carbocycles. The Morgan fingerprint density at radius 3 is 2.96 bits per heavy atom. The van der Waals surface area contributed by atoms with Crippen LogP contribution in [0.5, 0.6) is 0 Å². The molecule has 5 nitrogen and oxygen atoms in total. The highest BCUT2D eigenvalue weighted by molar-refractivity contribution is 9.10. The number of methoxy groups -OCH3 is 1. The highest BCUT2D eigenvalue weighted by atomic mass is 79.9. The van der Waals surface area contributed by atoms with Gasteiger partial charge in [0.05, 0.1) is 0 Å². The number of halogens is 1. The second kappa shape index (κ2) is 7.95. The molecule has 7 heteroatoms. The molecule has 2 heterocycles. The number of aryl methyl sites for hydroxylation is 1. The summed E-state index contributed by atoms with van der Waals surface area (Å²) in [4.78, 5) is 17.5. The van der Waals surface area contributed by atoms with Crippen molar-refractivity contribution in [3.63, 3.8) is 0 Å². The fourth-order valence-electron chi connectivity index (χ4n) is 2.34. The minimum Gasteiger partial charge on any atom is -0.453 e. The van der Waals surface area contributed by atoms with E-state index in [1.54, 1.807) is 25.4 Å². The molecule has 0 radical (unpaired) electrons. The lowest BCUT2D eigenvalue weighted by atomic mass is 10.1. The molecular formula is C18H17BrN2O3S. The number of carbonyl (C=O) groups excluding carboxylic acids is 1. The topological polar surface area (TPSA) is 64.4 Å². The summed E-state index contributed by atoms with van der Waals surface area (Å²) in [6.07, 6.45) is 2.57. The quantitative estimate of drug-likeness (QED) is 0.621. The molecule has 0 saturated carbocycles. The van der Waals surface area contributed by atoms with E-state index in [9.17, 15) is 4.79 Å². The Morgan fingerprint density at radius 1 is 1.36 bits per heavy atom. The zero-order valence-corrected chi connectivity index (χ0v) is 16.2. The number of nitrogens with one attached hydrogen (secondary N) is 1. The third-order valence-corrected chi connectivity index (χ3v) is 5.35. The van der Waals surface area contributed by atoms with E-state index in [1.807, 2.05) is 6.07 Å². The molecule has 25 heavy (non-hydrogen) atoms.